The van der Waals surface area contributed by atoms with Crippen LogP contribution in [0, 0.1) is 0 Å². The third kappa shape index (κ3) is 3.92. The summed E-state index contributed by atoms with van der Waals surface area (Å²) in [4.78, 5) is 17.1. The molecule has 1 unspecified atom stereocenters. The number of aryl methyl sites for hydroxylation is 1. The van der Waals surface area contributed by atoms with Crippen molar-refractivity contribution in [1.29, 1.82) is 0 Å². The third-order valence-corrected chi connectivity index (χ3v) is 3.41. The number of hydrogen-bond donors (Lipinski definition) is 2. The van der Waals surface area contributed by atoms with Crippen LogP contribution in [-0.4, -0.2) is 36.7 Å². The molecule has 2 rings (SSSR count). The lowest BCUT2D eigenvalue weighted by molar-refractivity contribution is -0.128. The molecule has 17 heavy (non-hydrogen) atoms. The highest BCUT2D eigenvalue weighted by atomic mass is 35.5. The summed E-state index contributed by atoms with van der Waals surface area (Å²) in [5.41, 5.74) is 0. The van der Waals surface area contributed by atoms with E-state index in [4.69, 9.17) is 4.74 Å². The van der Waals surface area contributed by atoms with E-state index in [9.17, 15) is 4.79 Å². The van der Waals surface area contributed by atoms with Crippen LogP contribution in [0.25, 0.3) is 0 Å². The summed E-state index contributed by atoms with van der Waals surface area (Å²) in [5.74, 6) is -0.121. The molecule has 2 heterocycles. The van der Waals surface area contributed by atoms with E-state index in [1.54, 1.807) is 6.20 Å². The smallest absolute Gasteiger partial charge is 0.256 e. The molecule has 0 bridgehead atoms. The maximum Gasteiger partial charge on any atom is 0.256 e. The summed E-state index contributed by atoms with van der Waals surface area (Å²) < 4.78 is 5.35. The number of morpholine rings is 1. The second kappa shape index (κ2) is 6.90. The number of rotatable bonds is 3. The van der Waals surface area contributed by atoms with Gasteiger partial charge in [0.2, 0.25) is 0 Å². The van der Waals surface area contributed by atoms with Gasteiger partial charge in [0.25, 0.3) is 5.91 Å². The molecule has 2 N–H and O–H groups in total. The van der Waals surface area contributed by atoms with E-state index in [2.05, 4.69) is 22.5 Å². The average Bonchev–Trinajstić information content (AvgIpc) is 2.78. The number of amides is 1. The number of thiazole rings is 1. The second-order valence-corrected chi connectivity index (χ2v) is 4.65. The zero-order chi connectivity index (χ0) is 11.4. The maximum absolute atomic E-state index is 11.8. The molecule has 0 radical (unpaired) electrons. The Morgan fingerprint density at radius 3 is 3.18 bits per heavy atom. The van der Waals surface area contributed by atoms with Gasteiger partial charge in [0, 0.05) is 24.2 Å². The van der Waals surface area contributed by atoms with Gasteiger partial charge in [0.15, 0.2) is 5.13 Å². The number of carbonyl (C=O) groups is 1. The highest BCUT2D eigenvalue weighted by Gasteiger charge is 2.22. The molecule has 0 aromatic carbocycles. The summed E-state index contributed by atoms with van der Waals surface area (Å²) in [6, 6.07) is 0. The Balaban J connectivity index is 0.00000144. The minimum atomic E-state index is -0.400. The first kappa shape index (κ1) is 14.4. The van der Waals surface area contributed by atoms with Crippen molar-refractivity contribution < 1.29 is 9.53 Å². The van der Waals surface area contributed by atoms with Crippen molar-refractivity contribution in [3.63, 3.8) is 0 Å². The standard InChI is InChI=1S/C10H15N3O2S.ClH/c1-2-7-5-12-10(16-7)13-9(14)8-6-11-3-4-15-8;/h5,8,11H,2-4,6H2,1H3,(H,12,13,14);1H. The quantitative estimate of drug-likeness (QED) is 0.867. The lowest BCUT2D eigenvalue weighted by Gasteiger charge is -2.22. The van der Waals surface area contributed by atoms with Gasteiger partial charge in [-0.2, -0.15) is 0 Å². The molecule has 5 nitrogen and oxygen atoms in total. The van der Waals surface area contributed by atoms with E-state index >= 15 is 0 Å². The summed E-state index contributed by atoms with van der Waals surface area (Å²) in [5, 5.41) is 6.53. The number of aromatic nitrogens is 1. The normalized spacial score (nSPS) is 19.5. The summed E-state index contributed by atoms with van der Waals surface area (Å²) in [6.45, 7) is 4.02. The fourth-order valence-electron chi connectivity index (χ4n) is 1.45. The molecular weight excluding hydrogens is 262 g/mol. The van der Waals surface area contributed by atoms with Crippen LogP contribution in [0.15, 0.2) is 6.20 Å². The zero-order valence-electron chi connectivity index (χ0n) is 9.56. The number of halogens is 1. The van der Waals surface area contributed by atoms with Crippen LogP contribution >= 0.6 is 23.7 Å². The van der Waals surface area contributed by atoms with Crippen molar-refractivity contribution in [3.05, 3.63) is 11.1 Å². The Bertz CT molecular complexity index is 366. The highest BCUT2D eigenvalue weighted by Crippen LogP contribution is 2.18. The largest absolute Gasteiger partial charge is 0.366 e. The van der Waals surface area contributed by atoms with E-state index < -0.39 is 6.10 Å². The highest BCUT2D eigenvalue weighted by molar-refractivity contribution is 7.15. The monoisotopic (exact) mass is 277 g/mol. The topological polar surface area (TPSA) is 63.2 Å². The van der Waals surface area contributed by atoms with Gasteiger partial charge in [-0.05, 0) is 6.42 Å². The average molecular weight is 278 g/mol. The second-order valence-electron chi connectivity index (χ2n) is 3.54. The molecule has 1 aromatic heterocycles. The molecule has 0 saturated carbocycles. The van der Waals surface area contributed by atoms with Crippen LogP contribution < -0.4 is 10.6 Å². The molecule has 0 spiro atoms. The number of carbonyl (C=O) groups excluding carboxylic acids is 1. The van der Waals surface area contributed by atoms with Crippen LogP contribution in [0.2, 0.25) is 0 Å². The van der Waals surface area contributed by atoms with E-state index in [-0.39, 0.29) is 18.3 Å². The van der Waals surface area contributed by atoms with Gasteiger partial charge in [-0.25, -0.2) is 4.98 Å². The van der Waals surface area contributed by atoms with Gasteiger partial charge in [-0.3, -0.25) is 10.1 Å². The third-order valence-electron chi connectivity index (χ3n) is 2.35. The molecule has 1 aromatic rings. The van der Waals surface area contributed by atoms with Crippen molar-refractivity contribution in [1.82, 2.24) is 10.3 Å². The number of ether oxygens (including phenoxy) is 1. The Kier molecular flexibility index (Phi) is 5.84. The Hall–Kier alpha value is -0.690. The van der Waals surface area contributed by atoms with Crippen LogP contribution in [0.1, 0.15) is 11.8 Å². The first-order valence-corrected chi connectivity index (χ1v) is 6.19. The van der Waals surface area contributed by atoms with Gasteiger partial charge in [-0.15, -0.1) is 23.7 Å². The fourth-order valence-corrected chi connectivity index (χ4v) is 2.20. The molecule has 96 valence electrons. The number of nitrogens with one attached hydrogen (secondary N) is 2. The van der Waals surface area contributed by atoms with Gasteiger partial charge in [-0.1, -0.05) is 6.92 Å². The Labute approximate surface area is 110 Å². The molecule has 1 aliphatic heterocycles. The van der Waals surface area contributed by atoms with Crippen LogP contribution in [0.3, 0.4) is 0 Å². The summed E-state index contributed by atoms with van der Waals surface area (Å²) >= 11 is 1.51. The Morgan fingerprint density at radius 2 is 2.59 bits per heavy atom. The van der Waals surface area contributed by atoms with Crippen LogP contribution in [-0.2, 0) is 16.0 Å². The number of nitrogens with zero attached hydrogens (tertiary/aromatic N) is 1. The van der Waals surface area contributed by atoms with Crippen molar-refractivity contribution in [3.8, 4) is 0 Å². The van der Waals surface area contributed by atoms with Crippen molar-refractivity contribution >= 4 is 34.8 Å². The first-order valence-electron chi connectivity index (χ1n) is 5.37. The first-order chi connectivity index (χ1) is 7.79. The SMILES string of the molecule is CCc1cnc(NC(=O)C2CNCCO2)s1.Cl. The van der Waals surface area contributed by atoms with Crippen molar-refractivity contribution in [2.45, 2.75) is 19.4 Å². The molecule has 1 atom stereocenters. The number of anilines is 1. The fraction of sp³-hybridized carbons (Fsp3) is 0.600. The lowest BCUT2D eigenvalue weighted by Crippen LogP contribution is -2.45. The van der Waals surface area contributed by atoms with E-state index in [0.717, 1.165) is 17.8 Å². The predicted molar refractivity (Wildman–Crippen MR) is 70.0 cm³/mol. The minimum Gasteiger partial charge on any atom is -0.366 e. The molecule has 1 amide bonds. The van der Waals surface area contributed by atoms with Crippen molar-refractivity contribution in [2.24, 2.45) is 0 Å². The summed E-state index contributed by atoms with van der Waals surface area (Å²) in [6.07, 6.45) is 2.33. The molecule has 1 aliphatic rings. The molecular formula is C10H16ClN3O2S. The molecule has 0 aliphatic carbocycles. The van der Waals surface area contributed by atoms with E-state index in [1.807, 2.05) is 0 Å². The summed E-state index contributed by atoms with van der Waals surface area (Å²) in [7, 11) is 0. The van der Waals surface area contributed by atoms with E-state index in [0.29, 0.717) is 18.3 Å². The lowest BCUT2D eigenvalue weighted by atomic mass is 10.3. The minimum absolute atomic E-state index is 0. The van der Waals surface area contributed by atoms with Crippen LogP contribution in [0.4, 0.5) is 5.13 Å². The van der Waals surface area contributed by atoms with Gasteiger partial charge in [0.05, 0.1) is 6.61 Å². The predicted octanol–water partition coefficient (Wildman–Crippen LogP) is 1.05. The van der Waals surface area contributed by atoms with E-state index in [1.165, 1.54) is 11.3 Å². The molecule has 7 heteroatoms. The van der Waals surface area contributed by atoms with Gasteiger partial charge >= 0.3 is 0 Å². The number of hydrogen-bond acceptors (Lipinski definition) is 5. The van der Waals surface area contributed by atoms with Crippen molar-refractivity contribution in [2.75, 3.05) is 25.0 Å². The van der Waals surface area contributed by atoms with Gasteiger partial charge in [0.1, 0.15) is 6.10 Å². The van der Waals surface area contributed by atoms with Crippen LogP contribution in [0.5, 0.6) is 0 Å². The maximum atomic E-state index is 11.8. The molecule has 1 saturated heterocycles. The Morgan fingerprint density at radius 1 is 1.76 bits per heavy atom. The molecule has 1 fully saturated rings. The zero-order valence-corrected chi connectivity index (χ0v) is 11.2. The van der Waals surface area contributed by atoms with Gasteiger partial charge < -0.3 is 10.1 Å².